The van der Waals surface area contributed by atoms with E-state index in [0.717, 1.165) is 15.2 Å². The van der Waals surface area contributed by atoms with Gasteiger partial charge in [0, 0.05) is 35.1 Å². The van der Waals surface area contributed by atoms with Crippen molar-refractivity contribution in [3.8, 4) is 0 Å². The van der Waals surface area contributed by atoms with Crippen LogP contribution in [0.15, 0.2) is 33.7 Å². The number of aromatic nitrogens is 1. The summed E-state index contributed by atoms with van der Waals surface area (Å²) in [6, 6.07) is 7.27. The molecule has 1 aromatic carbocycles. The zero-order valence-corrected chi connectivity index (χ0v) is 19.7. The summed E-state index contributed by atoms with van der Waals surface area (Å²) in [5.74, 6) is 0.608. The number of aliphatic imine (C=N–C) groups is 1. The first kappa shape index (κ1) is 22.8. The van der Waals surface area contributed by atoms with E-state index in [2.05, 4.69) is 41.9 Å². The Morgan fingerprint density at radius 2 is 1.81 bits per heavy atom. The van der Waals surface area contributed by atoms with Gasteiger partial charge < -0.3 is 16.0 Å². The standard InChI is InChI=1S/C17H22BrN5OS.HI/c1-11-15(25-12(2)23-11)10-22-17(19-3)21-9-8-20-16(24)13-4-6-14(18)7-5-13;/h4-7H,8-10H2,1-3H3,(H,20,24)(H2,19,21,22);1H. The Kier molecular flexibility index (Phi) is 10.1. The number of amides is 1. The van der Waals surface area contributed by atoms with Crippen molar-refractivity contribution in [1.29, 1.82) is 0 Å². The Morgan fingerprint density at radius 3 is 2.38 bits per heavy atom. The number of benzene rings is 1. The summed E-state index contributed by atoms with van der Waals surface area (Å²) < 4.78 is 0.951. The normalized spacial score (nSPS) is 10.8. The van der Waals surface area contributed by atoms with Gasteiger partial charge in [0.15, 0.2) is 5.96 Å². The number of guanidine groups is 1. The van der Waals surface area contributed by atoms with Crippen molar-refractivity contribution in [2.24, 2.45) is 4.99 Å². The van der Waals surface area contributed by atoms with Crippen LogP contribution < -0.4 is 16.0 Å². The van der Waals surface area contributed by atoms with Gasteiger partial charge in [0.1, 0.15) is 0 Å². The van der Waals surface area contributed by atoms with Crippen LogP contribution in [0.25, 0.3) is 0 Å². The van der Waals surface area contributed by atoms with E-state index in [1.807, 2.05) is 26.0 Å². The zero-order chi connectivity index (χ0) is 18.2. The molecule has 1 aromatic heterocycles. The summed E-state index contributed by atoms with van der Waals surface area (Å²) in [5, 5.41) is 10.4. The predicted molar refractivity (Wildman–Crippen MR) is 122 cm³/mol. The van der Waals surface area contributed by atoms with Crippen LogP contribution in [0.5, 0.6) is 0 Å². The monoisotopic (exact) mass is 551 g/mol. The van der Waals surface area contributed by atoms with Gasteiger partial charge in [0.25, 0.3) is 5.91 Å². The van der Waals surface area contributed by atoms with Gasteiger partial charge in [-0.2, -0.15) is 0 Å². The van der Waals surface area contributed by atoms with Crippen molar-refractivity contribution in [2.75, 3.05) is 20.1 Å². The lowest BCUT2D eigenvalue weighted by Gasteiger charge is -2.12. The fraction of sp³-hybridized carbons (Fsp3) is 0.353. The molecular formula is C17H23BrIN5OS. The molecule has 0 bridgehead atoms. The Hall–Kier alpha value is -1.20. The number of rotatable bonds is 6. The van der Waals surface area contributed by atoms with Gasteiger partial charge in [0.2, 0.25) is 0 Å². The molecule has 0 saturated heterocycles. The van der Waals surface area contributed by atoms with E-state index in [1.165, 1.54) is 4.88 Å². The van der Waals surface area contributed by atoms with Gasteiger partial charge in [-0.05, 0) is 38.1 Å². The van der Waals surface area contributed by atoms with E-state index in [0.29, 0.717) is 31.2 Å². The third-order valence-electron chi connectivity index (χ3n) is 3.45. The highest BCUT2D eigenvalue weighted by Gasteiger charge is 2.06. The van der Waals surface area contributed by atoms with Gasteiger partial charge in [-0.3, -0.25) is 9.79 Å². The largest absolute Gasteiger partial charge is 0.355 e. The molecule has 1 amide bonds. The molecule has 142 valence electrons. The molecule has 0 aliphatic heterocycles. The summed E-state index contributed by atoms with van der Waals surface area (Å²) in [5.41, 5.74) is 1.69. The van der Waals surface area contributed by atoms with E-state index in [4.69, 9.17) is 0 Å². The summed E-state index contributed by atoms with van der Waals surface area (Å²) in [6.45, 7) is 5.79. The average molecular weight is 552 g/mol. The van der Waals surface area contributed by atoms with Crippen molar-refractivity contribution in [2.45, 2.75) is 20.4 Å². The number of carbonyl (C=O) groups excluding carboxylic acids is 1. The van der Waals surface area contributed by atoms with Crippen LogP contribution in [0.3, 0.4) is 0 Å². The molecule has 0 saturated carbocycles. The van der Waals surface area contributed by atoms with Gasteiger partial charge >= 0.3 is 0 Å². The second-order valence-corrected chi connectivity index (χ2v) is 7.56. The van der Waals surface area contributed by atoms with Crippen LogP contribution in [0.1, 0.15) is 25.9 Å². The van der Waals surface area contributed by atoms with Crippen molar-refractivity contribution in [3.63, 3.8) is 0 Å². The molecule has 1 heterocycles. The second kappa shape index (κ2) is 11.5. The van der Waals surface area contributed by atoms with Crippen LogP contribution in [0, 0.1) is 13.8 Å². The predicted octanol–water partition coefficient (Wildman–Crippen LogP) is 3.24. The topological polar surface area (TPSA) is 78.4 Å². The Balaban J connectivity index is 0.00000338. The van der Waals surface area contributed by atoms with E-state index < -0.39 is 0 Å². The molecule has 2 aromatic rings. The fourth-order valence-corrected chi connectivity index (χ4v) is 3.32. The summed E-state index contributed by atoms with van der Waals surface area (Å²) in [6.07, 6.45) is 0. The number of halogens is 2. The van der Waals surface area contributed by atoms with Crippen LogP contribution in [-0.2, 0) is 6.54 Å². The molecule has 0 aliphatic carbocycles. The van der Waals surface area contributed by atoms with Gasteiger partial charge in [-0.1, -0.05) is 15.9 Å². The highest BCUT2D eigenvalue weighted by atomic mass is 127. The lowest BCUT2D eigenvalue weighted by atomic mass is 10.2. The first-order chi connectivity index (χ1) is 12.0. The molecule has 0 aliphatic rings. The lowest BCUT2D eigenvalue weighted by molar-refractivity contribution is 0.0954. The number of nitrogens with zero attached hydrogens (tertiary/aromatic N) is 2. The van der Waals surface area contributed by atoms with E-state index in [-0.39, 0.29) is 29.9 Å². The first-order valence-corrected chi connectivity index (χ1v) is 9.51. The van der Waals surface area contributed by atoms with Crippen LogP contribution in [0.4, 0.5) is 0 Å². The fourth-order valence-electron chi connectivity index (χ4n) is 2.18. The summed E-state index contributed by atoms with van der Waals surface area (Å²) in [4.78, 5) is 21.8. The highest BCUT2D eigenvalue weighted by Crippen LogP contribution is 2.16. The van der Waals surface area contributed by atoms with Gasteiger partial charge in [-0.15, -0.1) is 35.3 Å². The van der Waals surface area contributed by atoms with Gasteiger partial charge in [-0.25, -0.2) is 4.98 Å². The molecule has 0 unspecified atom stereocenters. The maximum atomic E-state index is 12.0. The van der Waals surface area contributed by atoms with E-state index >= 15 is 0 Å². The van der Waals surface area contributed by atoms with Crippen molar-refractivity contribution >= 4 is 63.1 Å². The third kappa shape index (κ3) is 7.20. The zero-order valence-electron chi connectivity index (χ0n) is 14.9. The van der Waals surface area contributed by atoms with Gasteiger partial charge in [0.05, 0.1) is 17.2 Å². The highest BCUT2D eigenvalue weighted by molar-refractivity contribution is 14.0. The molecule has 0 radical (unpaired) electrons. The Bertz CT molecular complexity index is 748. The van der Waals surface area contributed by atoms with Crippen molar-refractivity contribution < 1.29 is 4.79 Å². The molecule has 26 heavy (non-hydrogen) atoms. The molecule has 0 atom stereocenters. The minimum Gasteiger partial charge on any atom is -0.355 e. The number of nitrogens with one attached hydrogen (secondary N) is 3. The summed E-state index contributed by atoms with van der Waals surface area (Å²) >= 11 is 5.04. The SMILES string of the molecule is CN=C(NCCNC(=O)c1ccc(Br)cc1)NCc1sc(C)nc1C.I. The van der Waals surface area contributed by atoms with Crippen molar-refractivity contribution in [3.05, 3.63) is 49.9 Å². The minimum absolute atomic E-state index is 0. The quantitative estimate of drug-likeness (QED) is 0.223. The lowest BCUT2D eigenvalue weighted by Crippen LogP contribution is -2.41. The number of hydrogen-bond donors (Lipinski definition) is 3. The van der Waals surface area contributed by atoms with Crippen LogP contribution in [0.2, 0.25) is 0 Å². The average Bonchev–Trinajstić information content (AvgIpc) is 2.92. The molecule has 2 rings (SSSR count). The van der Waals surface area contributed by atoms with Crippen LogP contribution >= 0.6 is 51.2 Å². The molecule has 0 spiro atoms. The maximum absolute atomic E-state index is 12.0. The Morgan fingerprint density at radius 1 is 1.15 bits per heavy atom. The minimum atomic E-state index is -0.0898. The Labute approximate surface area is 183 Å². The maximum Gasteiger partial charge on any atom is 0.251 e. The molecule has 6 nitrogen and oxygen atoms in total. The molecule has 9 heteroatoms. The number of aryl methyl sites for hydroxylation is 2. The third-order valence-corrected chi connectivity index (χ3v) is 5.05. The molecule has 3 N–H and O–H groups in total. The van der Waals surface area contributed by atoms with E-state index in [9.17, 15) is 4.79 Å². The first-order valence-electron chi connectivity index (χ1n) is 7.90. The smallest absolute Gasteiger partial charge is 0.251 e. The number of thiazole rings is 1. The van der Waals surface area contributed by atoms with Crippen molar-refractivity contribution in [1.82, 2.24) is 20.9 Å². The summed E-state index contributed by atoms with van der Waals surface area (Å²) in [7, 11) is 1.72. The molecule has 0 fully saturated rings. The second-order valence-electron chi connectivity index (χ2n) is 5.36. The van der Waals surface area contributed by atoms with E-state index in [1.54, 1.807) is 30.5 Å². The number of hydrogen-bond acceptors (Lipinski definition) is 4. The molecular weight excluding hydrogens is 529 g/mol. The van der Waals surface area contributed by atoms with Crippen LogP contribution in [-0.4, -0.2) is 37.0 Å². The number of carbonyl (C=O) groups is 1.